The molecule has 0 saturated heterocycles. The monoisotopic (exact) mass is 433 g/mol. The van der Waals surface area contributed by atoms with Crippen LogP contribution in [-0.2, 0) is 5.72 Å². The molecule has 0 radical (unpaired) electrons. The Kier molecular flexibility index (Phi) is 3.36. The number of carbonyl (C=O) groups excluding carboxylic acids is 1. The minimum absolute atomic E-state index is 0.00746. The number of hydrogen-bond donors (Lipinski definition) is 2. The zero-order valence-electron chi connectivity index (χ0n) is 12.1. The predicted molar refractivity (Wildman–Crippen MR) is 82.7 cm³/mol. The molecule has 2 N–H and O–H groups in total. The number of rotatable bonds is 1. The molecule has 2 atom stereocenters. The zero-order chi connectivity index (χ0) is 18.1. The number of ether oxygens (including phenoxy) is 2. The van der Waals surface area contributed by atoms with Crippen LogP contribution in [0.2, 0.25) is 5.02 Å². The van der Waals surface area contributed by atoms with Crippen LogP contribution in [-0.4, -0.2) is 34.2 Å². The molecule has 2 aromatic rings. The Bertz CT molecular complexity index is 955. The second-order valence-corrected chi connectivity index (χ2v) is 7.21. The van der Waals surface area contributed by atoms with E-state index in [1.165, 1.54) is 12.1 Å². The third kappa shape index (κ3) is 2.32. The van der Waals surface area contributed by atoms with Crippen LogP contribution < -0.4 is 19.1 Å². The molecule has 2 aliphatic heterocycles. The van der Waals surface area contributed by atoms with Crippen molar-refractivity contribution in [1.29, 1.82) is 0 Å². The number of hydrogen-bond acceptors (Lipinski definition) is 4. The van der Waals surface area contributed by atoms with Gasteiger partial charge in [-0.05, 0) is 0 Å². The first kappa shape index (κ1) is 16.6. The molecule has 10 heteroatoms. The van der Waals surface area contributed by atoms with Crippen molar-refractivity contribution in [3.63, 3.8) is 0 Å². The molecule has 1 amide bonds. The van der Waals surface area contributed by atoms with E-state index in [-0.39, 0.29) is 27.5 Å². The van der Waals surface area contributed by atoms with Crippen LogP contribution in [0, 0.1) is 5.82 Å². The number of amides is 1. The fourth-order valence-electron chi connectivity index (χ4n) is 2.98. The molecular weight excluding hydrogens is 426 g/mol. The van der Waals surface area contributed by atoms with Crippen molar-refractivity contribution in [1.82, 2.24) is 5.32 Å². The summed E-state index contributed by atoms with van der Waals surface area (Å²) in [6.45, 7) is 0. The van der Waals surface area contributed by atoms with Crippen LogP contribution in [0.5, 0.6) is 11.5 Å². The van der Waals surface area contributed by atoms with Gasteiger partial charge in [0.2, 0.25) is 0 Å². The van der Waals surface area contributed by atoms with Crippen molar-refractivity contribution in [3.05, 3.63) is 51.8 Å². The molecule has 0 saturated carbocycles. The van der Waals surface area contributed by atoms with Gasteiger partial charge < -0.3 is 0 Å². The number of carbonyl (C=O) groups is 1. The van der Waals surface area contributed by atoms with Crippen molar-refractivity contribution in [2.75, 3.05) is 0 Å². The molecule has 0 aliphatic carbocycles. The van der Waals surface area contributed by atoms with Crippen LogP contribution in [0.4, 0.5) is 13.2 Å². The SMILES string of the molecule is O=C1NC(O)(c2cc(F)ccc2Cl)c2c([AsH2])cc3c(c21)OC(F)(F)O3. The summed E-state index contributed by atoms with van der Waals surface area (Å²) in [5.41, 5.74) is -2.62. The summed E-state index contributed by atoms with van der Waals surface area (Å²) in [4.78, 5) is 12.4. The fraction of sp³-hybridized carbons (Fsp3) is 0.133. The Balaban J connectivity index is 2.00. The first-order valence-corrected chi connectivity index (χ1v) is 8.44. The second-order valence-electron chi connectivity index (χ2n) is 5.50. The summed E-state index contributed by atoms with van der Waals surface area (Å²) in [6.07, 6.45) is -3.92. The van der Waals surface area contributed by atoms with E-state index in [1.54, 1.807) is 0 Å². The number of halogens is 4. The van der Waals surface area contributed by atoms with E-state index in [0.29, 0.717) is 4.35 Å². The normalized spacial score (nSPS) is 22.7. The van der Waals surface area contributed by atoms with E-state index in [9.17, 15) is 23.1 Å². The third-order valence-electron chi connectivity index (χ3n) is 3.93. The molecule has 5 nitrogen and oxygen atoms in total. The van der Waals surface area contributed by atoms with E-state index >= 15 is 0 Å². The summed E-state index contributed by atoms with van der Waals surface area (Å²) in [5, 5.41) is 13.3. The maximum absolute atomic E-state index is 13.6. The maximum atomic E-state index is 13.6. The first-order valence-electron chi connectivity index (χ1n) is 6.85. The minimum atomic E-state index is -3.92. The fourth-order valence-corrected chi connectivity index (χ4v) is 4.29. The van der Waals surface area contributed by atoms with Gasteiger partial charge in [-0.2, -0.15) is 0 Å². The predicted octanol–water partition coefficient (Wildman–Crippen LogP) is 0.996. The van der Waals surface area contributed by atoms with Gasteiger partial charge in [-0.25, -0.2) is 0 Å². The molecule has 0 spiro atoms. The molecule has 25 heavy (non-hydrogen) atoms. The van der Waals surface area contributed by atoms with Crippen LogP contribution >= 0.6 is 11.6 Å². The zero-order valence-corrected chi connectivity index (χ0v) is 15.2. The van der Waals surface area contributed by atoms with E-state index < -0.39 is 29.5 Å². The number of alkyl halides is 2. The molecule has 2 aromatic carbocycles. The molecule has 0 bridgehead atoms. The number of benzene rings is 2. The van der Waals surface area contributed by atoms with Crippen LogP contribution in [0.3, 0.4) is 0 Å². The van der Waals surface area contributed by atoms with Gasteiger partial charge in [0.15, 0.2) is 0 Å². The van der Waals surface area contributed by atoms with E-state index in [2.05, 4.69) is 14.8 Å². The van der Waals surface area contributed by atoms with Crippen LogP contribution in [0.1, 0.15) is 21.5 Å². The van der Waals surface area contributed by atoms with Gasteiger partial charge >= 0.3 is 152 Å². The van der Waals surface area contributed by atoms with Crippen molar-refractivity contribution in [2.24, 2.45) is 0 Å². The van der Waals surface area contributed by atoms with Gasteiger partial charge in [0.05, 0.1) is 0 Å². The van der Waals surface area contributed by atoms with E-state index in [0.717, 1.165) is 29.0 Å². The molecule has 2 aliphatic rings. The Hall–Kier alpha value is -1.89. The Labute approximate surface area is 152 Å². The van der Waals surface area contributed by atoms with Gasteiger partial charge in [-0.3, -0.25) is 0 Å². The standard InChI is InChI=1S/C15H8AsClF3NO4/c16-7-4-9-12(25-15(19,20)24-9)10-11(7)14(23,21-13(10)22)6-3-5(18)1-2-8(6)17/h1-4,23H,16H2,(H,21,22). The quantitative estimate of drug-likeness (QED) is 0.659. The number of nitrogens with one attached hydrogen (secondary N) is 1. The molecule has 0 fully saturated rings. The molecule has 0 aromatic heterocycles. The molecule has 4 rings (SSSR count). The number of fused-ring (bicyclic) bond motifs is 3. The average molecular weight is 434 g/mol. The van der Waals surface area contributed by atoms with Crippen molar-refractivity contribution in [2.45, 2.75) is 12.0 Å². The summed E-state index contributed by atoms with van der Waals surface area (Å²) in [5.74, 6) is -2.35. The number of aliphatic hydroxyl groups is 1. The molecule has 2 unspecified atom stereocenters. The van der Waals surface area contributed by atoms with Gasteiger partial charge in [-0.1, -0.05) is 0 Å². The second kappa shape index (κ2) is 5.06. The van der Waals surface area contributed by atoms with E-state index in [4.69, 9.17) is 11.6 Å². The topological polar surface area (TPSA) is 67.8 Å². The van der Waals surface area contributed by atoms with Crippen molar-refractivity contribution in [3.8, 4) is 11.5 Å². The first-order chi connectivity index (χ1) is 11.6. The van der Waals surface area contributed by atoms with Gasteiger partial charge in [0.1, 0.15) is 0 Å². The van der Waals surface area contributed by atoms with Gasteiger partial charge in [-0.15, -0.1) is 0 Å². The summed E-state index contributed by atoms with van der Waals surface area (Å²) >= 11 is 6.99. The molecule has 2 heterocycles. The average Bonchev–Trinajstić information content (AvgIpc) is 2.95. The summed E-state index contributed by atoms with van der Waals surface area (Å²) < 4.78 is 49.5. The molecule has 130 valence electrons. The van der Waals surface area contributed by atoms with E-state index in [1.807, 2.05) is 0 Å². The van der Waals surface area contributed by atoms with Crippen LogP contribution in [0.25, 0.3) is 0 Å². The van der Waals surface area contributed by atoms with Crippen molar-refractivity contribution >= 4 is 38.7 Å². The Morgan fingerprint density at radius 3 is 2.68 bits per heavy atom. The summed E-state index contributed by atoms with van der Waals surface area (Å²) in [6, 6.07) is 4.50. The van der Waals surface area contributed by atoms with Crippen LogP contribution in [0.15, 0.2) is 24.3 Å². The van der Waals surface area contributed by atoms with Crippen molar-refractivity contribution < 1.29 is 32.5 Å². The Morgan fingerprint density at radius 2 is 1.96 bits per heavy atom. The summed E-state index contributed by atoms with van der Waals surface area (Å²) in [7, 11) is 0. The molecular formula is C15H8AsClF3NO4. The Morgan fingerprint density at radius 1 is 1.24 bits per heavy atom. The van der Waals surface area contributed by atoms with Gasteiger partial charge in [0, 0.05) is 0 Å². The third-order valence-corrected chi connectivity index (χ3v) is 5.21. The van der Waals surface area contributed by atoms with Gasteiger partial charge in [0.25, 0.3) is 0 Å².